The number of fused-ring (bicyclic) bond motifs is 1. The van der Waals surface area contributed by atoms with Crippen LogP contribution in [0, 0.1) is 0 Å². The van der Waals surface area contributed by atoms with Crippen molar-refractivity contribution in [3.05, 3.63) is 47.3 Å². The second-order valence-corrected chi connectivity index (χ2v) is 5.80. The number of ether oxygens (including phenoxy) is 1. The molecule has 0 aliphatic heterocycles. The van der Waals surface area contributed by atoms with E-state index in [1.807, 2.05) is 18.5 Å². The first-order valence-electron chi connectivity index (χ1n) is 7.54. The van der Waals surface area contributed by atoms with E-state index < -0.39 is 0 Å². The van der Waals surface area contributed by atoms with Crippen LogP contribution < -0.4 is 10.1 Å². The highest BCUT2D eigenvalue weighted by atomic mass is 16.5. The summed E-state index contributed by atoms with van der Waals surface area (Å²) in [5, 5.41) is 3.34. The molecule has 1 aromatic heterocycles. The molecule has 1 aliphatic rings. The van der Waals surface area contributed by atoms with Gasteiger partial charge in [0.15, 0.2) is 0 Å². The normalized spacial score (nSPS) is 13.5. The van der Waals surface area contributed by atoms with E-state index in [1.54, 1.807) is 0 Å². The molecular weight excluding hydrogens is 262 g/mol. The summed E-state index contributed by atoms with van der Waals surface area (Å²) in [7, 11) is 0. The molecule has 1 aliphatic carbocycles. The third-order valence-corrected chi connectivity index (χ3v) is 3.68. The summed E-state index contributed by atoms with van der Waals surface area (Å²) in [6, 6.07) is 7.12. The monoisotopic (exact) mass is 283 g/mol. The molecule has 0 spiro atoms. The van der Waals surface area contributed by atoms with Crippen LogP contribution in [0.1, 0.15) is 37.0 Å². The second kappa shape index (κ2) is 6.22. The third-order valence-electron chi connectivity index (χ3n) is 3.68. The highest BCUT2D eigenvalue weighted by Gasteiger charge is 2.12. The number of aromatic nitrogens is 2. The van der Waals surface area contributed by atoms with Gasteiger partial charge in [0, 0.05) is 30.5 Å². The third kappa shape index (κ3) is 3.58. The van der Waals surface area contributed by atoms with Gasteiger partial charge in [-0.15, -0.1) is 0 Å². The Hall–Kier alpha value is -1.94. The lowest BCUT2D eigenvalue weighted by Gasteiger charge is -2.08. The first-order valence-corrected chi connectivity index (χ1v) is 7.54. The molecule has 0 fully saturated rings. The van der Waals surface area contributed by atoms with Gasteiger partial charge in [-0.3, -0.25) is 0 Å². The molecule has 1 heterocycles. The van der Waals surface area contributed by atoms with Gasteiger partial charge in [-0.05, 0) is 42.5 Å². The van der Waals surface area contributed by atoms with Crippen molar-refractivity contribution < 1.29 is 4.74 Å². The summed E-state index contributed by atoms with van der Waals surface area (Å²) in [5.74, 6) is 0.823. The van der Waals surface area contributed by atoms with Crippen molar-refractivity contribution in [1.29, 1.82) is 0 Å². The van der Waals surface area contributed by atoms with Crippen LogP contribution in [0.4, 0.5) is 0 Å². The van der Waals surface area contributed by atoms with Crippen LogP contribution in [-0.4, -0.2) is 16.0 Å². The molecule has 1 N–H and O–H groups in total. The van der Waals surface area contributed by atoms with Gasteiger partial charge in [-0.1, -0.05) is 19.9 Å². The van der Waals surface area contributed by atoms with Gasteiger partial charge in [0.25, 0.3) is 0 Å². The lowest BCUT2D eigenvalue weighted by Crippen LogP contribution is -2.21. The van der Waals surface area contributed by atoms with Gasteiger partial charge < -0.3 is 10.1 Å². The maximum atomic E-state index is 5.74. The summed E-state index contributed by atoms with van der Waals surface area (Å²) < 4.78 is 5.74. The average Bonchev–Trinajstić information content (AvgIpc) is 2.94. The first kappa shape index (κ1) is 14.0. The van der Waals surface area contributed by atoms with Gasteiger partial charge in [-0.2, -0.15) is 0 Å². The Kier molecular flexibility index (Phi) is 4.15. The Morgan fingerprint density at radius 3 is 2.67 bits per heavy atom. The predicted molar refractivity (Wildman–Crippen MR) is 82.5 cm³/mol. The van der Waals surface area contributed by atoms with Gasteiger partial charge in [0.05, 0.1) is 0 Å². The highest BCUT2D eigenvalue weighted by Crippen LogP contribution is 2.27. The minimum Gasteiger partial charge on any atom is -0.424 e. The molecule has 0 unspecified atom stereocenters. The number of hydrogen-bond acceptors (Lipinski definition) is 4. The molecule has 21 heavy (non-hydrogen) atoms. The number of benzene rings is 1. The Bertz CT molecular complexity index is 608. The molecule has 0 amide bonds. The largest absolute Gasteiger partial charge is 0.424 e. The van der Waals surface area contributed by atoms with Gasteiger partial charge >= 0.3 is 6.01 Å². The summed E-state index contributed by atoms with van der Waals surface area (Å²) in [5.41, 5.74) is 3.90. The van der Waals surface area contributed by atoms with Gasteiger partial charge in [0.2, 0.25) is 0 Å². The fourth-order valence-corrected chi connectivity index (χ4v) is 2.53. The Labute approximate surface area is 125 Å². The van der Waals surface area contributed by atoms with E-state index >= 15 is 0 Å². The van der Waals surface area contributed by atoms with Crippen LogP contribution in [0.15, 0.2) is 30.6 Å². The van der Waals surface area contributed by atoms with Gasteiger partial charge in [0.1, 0.15) is 5.75 Å². The van der Waals surface area contributed by atoms with E-state index in [1.165, 1.54) is 24.0 Å². The van der Waals surface area contributed by atoms with E-state index in [0.717, 1.165) is 24.3 Å². The molecule has 0 saturated heterocycles. The average molecular weight is 283 g/mol. The Morgan fingerprint density at radius 2 is 1.90 bits per heavy atom. The molecule has 1 aromatic carbocycles. The van der Waals surface area contributed by atoms with Crippen LogP contribution in [0.5, 0.6) is 11.8 Å². The van der Waals surface area contributed by atoms with Crippen molar-refractivity contribution in [2.45, 2.75) is 45.7 Å². The van der Waals surface area contributed by atoms with Crippen LogP contribution in [0.2, 0.25) is 0 Å². The lowest BCUT2D eigenvalue weighted by molar-refractivity contribution is 0.440. The van der Waals surface area contributed by atoms with Gasteiger partial charge in [-0.25, -0.2) is 9.97 Å². The molecule has 2 aromatic rings. The number of rotatable bonds is 5. The molecule has 4 heteroatoms. The molecular formula is C17H21N3O. The lowest BCUT2D eigenvalue weighted by atomic mass is 10.1. The summed E-state index contributed by atoms with van der Waals surface area (Å²) in [6.45, 7) is 5.01. The summed E-state index contributed by atoms with van der Waals surface area (Å²) in [4.78, 5) is 8.54. The Morgan fingerprint density at radius 1 is 1.14 bits per heavy atom. The van der Waals surface area contributed by atoms with E-state index in [4.69, 9.17) is 4.74 Å². The fourth-order valence-electron chi connectivity index (χ4n) is 2.53. The predicted octanol–water partition coefficient (Wildman–Crippen LogP) is 3.26. The first-order chi connectivity index (χ1) is 10.2. The minimum atomic E-state index is 0.404. The van der Waals surface area contributed by atoms with E-state index in [0.29, 0.717) is 12.1 Å². The zero-order chi connectivity index (χ0) is 14.7. The van der Waals surface area contributed by atoms with Crippen molar-refractivity contribution in [2.75, 3.05) is 0 Å². The van der Waals surface area contributed by atoms with Crippen LogP contribution in [0.3, 0.4) is 0 Å². The maximum Gasteiger partial charge on any atom is 0.321 e. The van der Waals surface area contributed by atoms with Crippen LogP contribution in [0.25, 0.3) is 0 Å². The summed E-state index contributed by atoms with van der Waals surface area (Å²) in [6.07, 6.45) is 7.19. The standard InChI is InChI=1S/C17H21N3O/c1-12(2)18-9-13-10-19-17(20-11-13)21-16-7-6-14-4-3-5-15(14)8-16/h6-8,10-12,18H,3-5,9H2,1-2H3. The summed E-state index contributed by atoms with van der Waals surface area (Å²) >= 11 is 0. The highest BCUT2D eigenvalue weighted by molar-refractivity contribution is 5.39. The Balaban J connectivity index is 1.65. The molecule has 0 radical (unpaired) electrons. The van der Waals surface area contributed by atoms with Crippen LogP contribution in [-0.2, 0) is 19.4 Å². The number of nitrogens with one attached hydrogen (secondary N) is 1. The molecule has 110 valence electrons. The van der Waals surface area contributed by atoms with Crippen molar-refractivity contribution in [1.82, 2.24) is 15.3 Å². The van der Waals surface area contributed by atoms with Crippen molar-refractivity contribution >= 4 is 0 Å². The van der Waals surface area contributed by atoms with Crippen molar-refractivity contribution in [3.8, 4) is 11.8 Å². The van der Waals surface area contributed by atoms with E-state index in [-0.39, 0.29) is 0 Å². The number of aryl methyl sites for hydroxylation is 2. The molecule has 0 bridgehead atoms. The molecule has 4 nitrogen and oxygen atoms in total. The zero-order valence-electron chi connectivity index (χ0n) is 12.6. The second-order valence-electron chi connectivity index (χ2n) is 5.80. The molecule has 0 atom stereocenters. The van der Waals surface area contributed by atoms with E-state index in [9.17, 15) is 0 Å². The van der Waals surface area contributed by atoms with Crippen molar-refractivity contribution in [3.63, 3.8) is 0 Å². The molecule has 3 rings (SSSR count). The maximum absolute atomic E-state index is 5.74. The number of hydrogen-bond donors (Lipinski definition) is 1. The topological polar surface area (TPSA) is 47.0 Å². The van der Waals surface area contributed by atoms with Crippen molar-refractivity contribution in [2.24, 2.45) is 0 Å². The fraction of sp³-hybridized carbons (Fsp3) is 0.412. The van der Waals surface area contributed by atoms with Crippen LogP contribution >= 0.6 is 0 Å². The SMILES string of the molecule is CC(C)NCc1cnc(Oc2ccc3c(c2)CCC3)nc1. The smallest absolute Gasteiger partial charge is 0.321 e. The number of nitrogens with zero attached hydrogens (tertiary/aromatic N) is 2. The quantitative estimate of drug-likeness (QED) is 0.915. The van der Waals surface area contributed by atoms with E-state index in [2.05, 4.69) is 41.3 Å². The zero-order valence-corrected chi connectivity index (χ0v) is 12.6. The molecule has 0 saturated carbocycles. The minimum absolute atomic E-state index is 0.404.